The Morgan fingerprint density at radius 2 is 1.83 bits per heavy atom. The van der Waals surface area contributed by atoms with Crippen molar-refractivity contribution in [2.75, 3.05) is 19.6 Å². The summed E-state index contributed by atoms with van der Waals surface area (Å²) in [6.07, 6.45) is -4.39. The quantitative estimate of drug-likeness (QED) is 0.599. The molecule has 1 aromatic carbocycles. The molecule has 0 bridgehead atoms. The van der Waals surface area contributed by atoms with Crippen molar-refractivity contribution in [3.63, 3.8) is 0 Å². The Balaban J connectivity index is 1.72. The van der Waals surface area contributed by atoms with Gasteiger partial charge in [-0.25, -0.2) is 4.79 Å². The molecule has 0 saturated carbocycles. The van der Waals surface area contributed by atoms with E-state index in [9.17, 15) is 27.9 Å². The van der Waals surface area contributed by atoms with Crippen LogP contribution >= 0.6 is 0 Å². The van der Waals surface area contributed by atoms with Gasteiger partial charge >= 0.3 is 18.2 Å². The van der Waals surface area contributed by atoms with Crippen LogP contribution in [0.4, 0.5) is 18.0 Å². The fourth-order valence-corrected chi connectivity index (χ4v) is 4.63. The number of nitrogens with zero attached hydrogens (tertiary/aromatic N) is 2. The highest BCUT2D eigenvalue weighted by atomic mass is 19.4. The Labute approximate surface area is 204 Å². The highest BCUT2D eigenvalue weighted by molar-refractivity contribution is 5.77. The first-order valence-electron chi connectivity index (χ1n) is 11.9. The monoisotopic (exact) mass is 494 g/mol. The van der Waals surface area contributed by atoms with Gasteiger partial charge in [0.15, 0.2) is 6.10 Å². The van der Waals surface area contributed by atoms with Crippen molar-refractivity contribution in [1.29, 1.82) is 0 Å². The molecule has 1 amide bonds. The number of hydrogen-bond donors (Lipinski definition) is 1. The van der Waals surface area contributed by atoms with Gasteiger partial charge in [0, 0.05) is 30.7 Å². The highest BCUT2D eigenvalue weighted by Crippen LogP contribution is 2.40. The number of benzene rings is 1. The van der Waals surface area contributed by atoms with Crippen molar-refractivity contribution in [1.82, 2.24) is 9.80 Å². The number of hydrogen-bond acceptors (Lipinski definition) is 4. The van der Waals surface area contributed by atoms with E-state index >= 15 is 0 Å². The maximum Gasteiger partial charge on any atom is 0.425 e. The third-order valence-electron chi connectivity index (χ3n) is 7.10. The van der Waals surface area contributed by atoms with Crippen LogP contribution < -0.4 is 0 Å². The lowest BCUT2D eigenvalue weighted by molar-refractivity contribution is -0.200. The molecule has 192 valence electrons. The maximum absolute atomic E-state index is 12.8. The first-order valence-corrected chi connectivity index (χ1v) is 11.9. The van der Waals surface area contributed by atoms with Crippen LogP contribution in [-0.4, -0.2) is 64.4 Å². The summed E-state index contributed by atoms with van der Waals surface area (Å²) in [5.74, 6) is 4.97. The van der Waals surface area contributed by atoms with E-state index in [0.29, 0.717) is 32.5 Å². The van der Waals surface area contributed by atoms with Gasteiger partial charge in [-0.2, -0.15) is 13.2 Å². The Morgan fingerprint density at radius 3 is 2.43 bits per heavy atom. The Morgan fingerprint density at radius 1 is 1.17 bits per heavy atom. The van der Waals surface area contributed by atoms with Gasteiger partial charge in [-0.05, 0) is 77.1 Å². The predicted octanol–water partition coefficient (Wildman–Crippen LogP) is 4.98. The molecule has 1 N–H and O–H groups in total. The molecule has 3 rings (SSSR count). The summed E-state index contributed by atoms with van der Waals surface area (Å²) in [6, 6.07) is 5.99. The van der Waals surface area contributed by atoms with Gasteiger partial charge < -0.3 is 14.7 Å². The van der Waals surface area contributed by atoms with Crippen LogP contribution in [0.25, 0.3) is 0 Å². The minimum absolute atomic E-state index is 0.137. The Kier molecular flexibility index (Phi) is 7.75. The van der Waals surface area contributed by atoms with Crippen molar-refractivity contribution in [3.05, 3.63) is 34.9 Å². The molecule has 9 heteroatoms. The number of aryl methyl sites for hydroxylation is 1. The minimum atomic E-state index is -4.58. The lowest BCUT2D eigenvalue weighted by atomic mass is 9.84. The third-order valence-corrected chi connectivity index (χ3v) is 7.10. The van der Waals surface area contributed by atoms with Gasteiger partial charge in [-0.3, -0.25) is 9.69 Å². The normalized spacial score (nSPS) is 19.2. The van der Waals surface area contributed by atoms with Crippen LogP contribution in [-0.2, 0) is 16.1 Å². The number of carbonyl (C=O) groups excluding carboxylic acids is 1. The number of likely N-dealkylation sites (tertiary alicyclic amines) is 2. The zero-order valence-corrected chi connectivity index (χ0v) is 20.7. The first kappa shape index (κ1) is 26.9. The van der Waals surface area contributed by atoms with E-state index in [1.807, 2.05) is 25.1 Å². The molecule has 35 heavy (non-hydrogen) atoms. The number of halogens is 3. The number of ether oxygens (including phenoxy) is 1. The molecule has 2 saturated heterocycles. The summed E-state index contributed by atoms with van der Waals surface area (Å²) in [5.41, 5.74) is 1.53. The van der Waals surface area contributed by atoms with E-state index in [1.165, 1.54) is 4.90 Å². The van der Waals surface area contributed by atoms with Gasteiger partial charge in [-0.1, -0.05) is 24.0 Å². The minimum Gasteiger partial charge on any atom is -0.480 e. The largest absolute Gasteiger partial charge is 0.480 e. The summed E-state index contributed by atoms with van der Waals surface area (Å²) in [6.45, 7) is 8.12. The predicted molar refractivity (Wildman–Crippen MR) is 125 cm³/mol. The van der Waals surface area contributed by atoms with Gasteiger partial charge in [0.1, 0.15) is 5.41 Å². The van der Waals surface area contributed by atoms with Gasteiger partial charge in [0.25, 0.3) is 0 Å². The zero-order chi connectivity index (χ0) is 26.0. The summed E-state index contributed by atoms with van der Waals surface area (Å²) in [5, 5.41) is 9.38. The molecule has 0 aliphatic carbocycles. The second-order valence-electron chi connectivity index (χ2n) is 10.1. The van der Waals surface area contributed by atoms with Gasteiger partial charge in [0.2, 0.25) is 0 Å². The molecule has 0 aromatic heterocycles. The standard InChI is InChI=1S/C26H33F3N2O4/c1-18-6-7-21(20(16-18)8-10-24(3,4)22(32)33)17-31-13-5-9-25(31)11-14-30(15-12-25)23(34)35-19(2)26(27,28)29/h6-7,16,19H,5,9,11-15,17H2,1-4H3,(H,32,33). The molecule has 1 spiro atoms. The van der Waals surface area contributed by atoms with Crippen LogP contribution in [0.5, 0.6) is 0 Å². The number of amides is 1. The van der Waals surface area contributed by atoms with Crippen molar-refractivity contribution in [2.24, 2.45) is 5.41 Å². The van der Waals surface area contributed by atoms with E-state index in [4.69, 9.17) is 0 Å². The zero-order valence-electron chi connectivity index (χ0n) is 20.7. The maximum atomic E-state index is 12.8. The van der Waals surface area contributed by atoms with E-state index in [-0.39, 0.29) is 5.54 Å². The van der Waals surface area contributed by atoms with Crippen molar-refractivity contribution in [2.45, 2.75) is 77.7 Å². The van der Waals surface area contributed by atoms with Gasteiger partial charge in [-0.15, -0.1) is 0 Å². The molecule has 2 heterocycles. The van der Waals surface area contributed by atoms with Crippen molar-refractivity contribution < 1.29 is 32.6 Å². The molecule has 2 aliphatic heterocycles. The lowest BCUT2D eigenvalue weighted by Gasteiger charge is -2.45. The van der Waals surface area contributed by atoms with Crippen LogP contribution in [0.2, 0.25) is 0 Å². The second-order valence-corrected chi connectivity index (χ2v) is 10.1. The molecule has 2 fully saturated rings. The van der Waals surface area contributed by atoms with E-state index < -0.39 is 29.8 Å². The van der Waals surface area contributed by atoms with Crippen molar-refractivity contribution in [3.8, 4) is 11.8 Å². The SMILES string of the molecule is Cc1ccc(CN2CCCC23CCN(C(=O)OC(C)C(F)(F)F)CC3)c(C#CC(C)(C)C(=O)O)c1. The first-order chi connectivity index (χ1) is 16.2. The van der Waals surface area contributed by atoms with Crippen LogP contribution in [0.1, 0.15) is 63.1 Å². The summed E-state index contributed by atoms with van der Waals surface area (Å²) in [4.78, 5) is 27.4. The summed E-state index contributed by atoms with van der Waals surface area (Å²) in [7, 11) is 0. The molecule has 1 unspecified atom stereocenters. The third kappa shape index (κ3) is 6.29. The molecular formula is C26H33F3N2O4. The molecule has 1 aromatic rings. The smallest absolute Gasteiger partial charge is 0.425 e. The summed E-state index contributed by atoms with van der Waals surface area (Å²) < 4.78 is 42.9. The Bertz CT molecular complexity index is 1020. The molecular weight excluding hydrogens is 461 g/mol. The van der Waals surface area contributed by atoms with E-state index in [1.54, 1.807) is 13.8 Å². The Hall–Kier alpha value is -2.73. The van der Waals surface area contributed by atoms with Crippen LogP contribution in [0.15, 0.2) is 18.2 Å². The number of rotatable bonds is 4. The number of carboxylic acid groups (broad SMARTS) is 1. The van der Waals surface area contributed by atoms with Gasteiger partial charge in [0.05, 0.1) is 0 Å². The summed E-state index contributed by atoms with van der Waals surface area (Å²) >= 11 is 0. The van der Waals surface area contributed by atoms with E-state index in [0.717, 1.165) is 43.0 Å². The van der Waals surface area contributed by atoms with Crippen LogP contribution in [0, 0.1) is 24.2 Å². The van der Waals surface area contributed by atoms with Crippen molar-refractivity contribution >= 4 is 12.1 Å². The molecule has 0 radical (unpaired) electrons. The molecule has 6 nitrogen and oxygen atoms in total. The highest BCUT2D eigenvalue weighted by Gasteiger charge is 2.45. The number of carboxylic acids is 1. The van der Waals surface area contributed by atoms with E-state index in [2.05, 4.69) is 21.5 Å². The molecule has 1 atom stereocenters. The fourth-order valence-electron chi connectivity index (χ4n) is 4.63. The number of alkyl halides is 3. The fraction of sp³-hybridized carbons (Fsp3) is 0.615. The lowest BCUT2D eigenvalue weighted by Crippen LogP contribution is -2.53. The average molecular weight is 495 g/mol. The number of aliphatic carboxylic acids is 1. The molecule has 2 aliphatic rings. The second kappa shape index (κ2) is 10.1. The topological polar surface area (TPSA) is 70.1 Å². The average Bonchev–Trinajstić information content (AvgIpc) is 3.14. The van der Waals surface area contributed by atoms with Crippen LogP contribution in [0.3, 0.4) is 0 Å². The number of piperidine rings is 1. The number of carbonyl (C=O) groups is 2.